The van der Waals surface area contributed by atoms with E-state index in [1.807, 2.05) is 0 Å². The highest BCUT2D eigenvalue weighted by molar-refractivity contribution is 5.87. The Labute approximate surface area is 95.2 Å². The first-order valence-electron chi connectivity index (χ1n) is 5.47. The molecule has 5 heteroatoms. The van der Waals surface area contributed by atoms with Crippen molar-refractivity contribution >= 4 is 11.9 Å². The molecule has 0 aromatic rings. The Hall–Kier alpha value is -1.52. The Balaban J connectivity index is 2.57. The third-order valence-corrected chi connectivity index (χ3v) is 2.59. The lowest BCUT2D eigenvalue weighted by Gasteiger charge is -2.27. The Bertz CT molecular complexity index is 302. The molecule has 0 bridgehead atoms. The van der Waals surface area contributed by atoms with Crippen molar-refractivity contribution < 1.29 is 14.3 Å². The molecule has 1 saturated heterocycles. The molecule has 1 amide bonds. The van der Waals surface area contributed by atoms with Gasteiger partial charge in [-0.2, -0.15) is 0 Å². The number of likely N-dealkylation sites (tertiary alicyclic amines) is 1. The van der Waals surface area contributed by atoms with E-state index in [9.17, 15) is 9.59 Å². The number of esters is 1. The first-order chi connectivity index (χ1) is 7.52. The van der Waals surface area contributed by atoms with E-state index in [0.29, 0.717) is 13.0 Å². The zero-order valence-electron chi connectivity index (χ0n) is 9.57. The molecule has 1 fully saturated rings. The molecule has 1 rings (SSSR count). The third kappa shape index (κ3) is 3.25. The summed E-state index contributed by atoms with van der Waals surface area (Å²) >= 11 is 0. The molecule has 90 valence electrons. The van der Waals surface area contributed by atoms with Crippen molar-refractivity contribution in [1.82, 2.24) is 4.90 Å². The molecular formula is C11H18N2O3. The van der Waals surface area contributed by atoms with E-state index >= 15 is 0 Å². The van der Waals surface area contributed by atoms with Crippen LogP contribution in [-0.2, 0) is 14.3 Å². The van der Waals surface area contributed by atoms with Crippen molar-refractivity contribution in [2.75, 3.05) is 6.54 Å². The number of amides is 1. The number of ether oxygens (including phenoxy) is 1. The van der Waals surface area contributed by atoms with E-state index in [-0.39, 0.29) is 11.6 Å². The van der Waals surface area contributed by atoms with E-state index < -0.39 is 12.2 Å². The predicted molar refractivity (Wildman–Crippen MR) is 59.1 cm³/mol. The molecule has 1 aliphatic heterocycles. The van der Waals surface area contributed by atoms with Gasteiger partial charge in [0.2, 0.25) is 5.91 Å². The fourth-order valence-corrected chi connectivity index (χ4v) is 1.68. The summed E-state index contributed by atoms with van der Waals surface area (Å²) in [4.78, 5) is 24.5. The lowest BCUT2D eigenvalue weighted by atomic mass is 10.2. The van der Waals surface area contributed by atoms with Crippen molar-refractivity contribution in [3.63, 3.8) is 0 Å². The molecule has 0 spiro atoms. The standard InChI is InChI=1S/C11H18N2O3/c1-8(12)11(15)16-9(2)13-7-5-3-4-6-10(13)14/h9H,1,3-7,12H2,2H3. The van der Waals surface area contributed by atoms with E-state index in [0.717, 1.165) is 19.3 Å². The zero-order valence-corrected chi connectivity index (χ0v) is 9.57. The van der Waals surface area contributed by atoms with Crippen molar-refractivity contribution in [1.29, 1.82) is 0 Å². The van der Waals surface area contributed by atoms with Crippen molar-refractivity contribution in [2.24, 2.45) is 5.73 Å². The number of nitrogens with zero attached hydrogens (tertiary/aromatic N) is 1. The smallest absolute Gasteiger partial charge is 0.355 e. The summed E-state index contributed by atoms with van der Waals surface area (Å²) in [7, 11) is 0. The summed E-state index contributed by atoms with van der Waals surface area (Å²) in [5, 5.41) is 0. The Morgan fingerprint density at radius 2 is 2.19 bits per heavy atom. The van der Waals surface area contributed by atoms with Gasteiger partial charge in [0.05, 0.1) is 0 Å². The average Bonchev–Trinajstić information content (AvgIpc) is 2.42. The van der Waals surface area contributed by atoms with E-state index in [1.54, 1.807) is 11.8 Å². The number of hydrogen-bond donors (Lipinski definition) is 1. The fraction of sp³-hybridized carbons (Fsp3) is 0.636. The van der Waals surface area contributed by atoms with Crippen LogP contribution in [0.1, 0.15) is 32.6 Å². The number of hydrogen-bond acceptors (Lipinski definition) is 4. The molecule has 0 aliphatic carbocycles. The second-order valence-electron chi connectivity index (χ2n) is 3.93. The summed E-state index contributed by atoms with van der Waals surface area (Å²) in [6.07, 6.45) is 2.83. The Kier molecular flexibility index (Phi) is 4.34. The maximum atomic E-state index is 11.7. The molecule has 0 saturated carbocycles. The van der Waals surface area contributed by atoms with Gasteiger partial charge in [-0.05, 0) is 19.8 Å². The minimum Gasteiger partial charge on any atom is -0.437 e. The Morgan fingerprint density at radius 1 is 1.50 bits per heavy atom. The second kappa shape index (κ2) is 5.53. The molecule has 0 radical (unpaired) electrons. The van der Waals surface area contributed by atoms with Gasteiger partial charge in [0.15, 0.2) is 6.23 Å². The van der Waals surface area contributed by atoms with Crippen molar-refractivity contribution in [3.05, 3.63) is 12.3 Å². The summed E-state index contributed by atoms with van der Waals surface area (Å²) in [5.41, 5.74) is 5.06. The van der Waals surface area contributed by atoms with Crippen molar-refractivity contribution in [2.45, 2.75) is 38.8 Å². The van der Waals surface area contributed by atoms with Gasteiger partial charge >= 0.3 is 5.97 Å². The van der Waals surface area contributed by atoms with Crippen LogP contribution in [0.3, 0.4) is 0 Å². The lowest BCUT2D eigenvalue weighted by molar-refractivity contribution is -0.159. The lowest BCUT2D eigenvalue weighted by Crippen LogP contribution is -2.41. The third-order valence-electron chi connectivity index (χ3n) is 2.59. The van der Waals surface area contributed by atoms with Gasteiger partial charge < -0.3 is 15.4 Å². The minimum absolute atomic E-state index is 0.0282. The minimum atomic E-state index is -0.662. The van der Waals surface area contributed by atoms with Gasteiger partial charge in [0, 0.05) is 13.0 Å². The van der Waals surface area contributed by atoms with Gasteiger partial charge in [-0.25, -0.2) is 4.79 Å². The highest BCUT2D eigenvalue weighted by Gasteiger charge is 2.24. The average molecular weight is 226 g/mol. The van der Waals surface area contributed by atoms with E-state index in [2.05, 4.69) is 6.58 Å². The molecular weight excluding hydrogens is 208 g/mol. The van der Waals surface area contributed by atoms with Gasteiger partial charge in [-0.15, -0.1) is 0 Å². The van der Waals surface area contributed by atoms with Crippen LogP contribution < -0.4 is 5.73 Å². The number of carbonyl (C=O) groups is 2. The largest absolute Gasteiger partial charge is 0.437 e. The van der Waals surface area contributed by atoms with Gasteiger partial charge in [-0.1, -0.05) is 13.0 Å². The second-order valence-corrected chi connectivity index (χ2v) is 3.93. The van der Waals surface area contributed by atoms with Crippen LogP contribution in [0, 0.1) is 0 Å². The molecule has 0 aromatic carbocycles. The summed E-state index contributed by atoms with van der Waals surface area (Å²) in [6.45, 7) is 5.59. The maximum Gasteiger partial charge on any atom is 0.355 e. The van der Waals surface area contributed by atoms with Gasteiger partial charge in [0.25, 0.3) is 0 Å². The molecule has 1 heterocycles. The van der Waals surface area contributed by atoms with Crippen molar-refractivity contribution in [3.8, 4) is 0 Å². The van der Waals surface area contributed by atoms with Crippen LogP contribution in [0.25, 0.3) is 0 Å². The number of nitrogens with two attached hydrogens (primary N) is 1. The first-order valence-corrected chi connectivity index (χ1v) is 5.47. The summed E-state index contributed by atoms with van der Waals surface area (Å²) in [6, 6.07) is 0. The normalized spacial score (nSPS) is 18.8. The number of carbonyl (C=O) groups excluding carboxylic acids is 2. The van der Waals surface area contributed by atoms with E-state index in [1.165, 1.54) is 0 Å². The van der Waals surface area contributed by atoms with Crippen LogP contribution in [0.2, 0.25) is 0 Å². The van der Waals surface area contributed by atoms with Crippen LogP contribution >= 0.6 is 0 Å². The van der Waals surface area contributed by atoms with Gasteiger partial charge in [-0.3, -0.25) is 4.79 Å². The summed E-state index contributed by atoms with van der Waals surface area (Å²) < 4.78 is 5.02. The summed E-state index contributed by atoms with van der Waals surface area (Å²) in [5.74, 6) is -0.634. The predicted octanol–water partition coefficient (Wildman–Crippen LogP) is 0.751. The van der Waals surface area contributed by atoms with Gasteiger partial charge in [0.1, 0.15) is 5.70 Å². The highest BCUT2D eigenvalue weighted by Crippen LogP contribution is 2.14. The van der Waals surface area contributed by atoms with Crippen LogP contribution in [-0.4, -0.2) is 29.5 Å². The van der Waals surface area contributed by atoms with Crippen LogP contribution in [0.5, 0.6) is 0 Å². The molecule has 1 aliphatic rings. The maximum absolute atomic E-state index is 11.7. The molecule has 1 unspecified atom stereocenters. The quantitative estimate of drug-likeness (QED) is 0.569. The fourth-order valence-electron chi connectivity index (χ4n) is 1.68. The SMILES string of the molecule is C=C(N)C(=O)OC(C)N1CCCCCC1=O. The Morgan fingerprint density at radius 3 is 2.81 bits per heavy atom. The molecule has 1 atom stereocenters. The van der Waals surface area contributed by atoms with Crippen LogP contribution in [0.15, 0.2) is 12.3 Å². The molecule has 2 N–H and O–H groups in total. The van der Waals surface area contributed by atoms with E-state index in [4.69, 9.17) is 10.5 Å². The monoisotopic (exact) mass is 226 g/mol. The topological polar surface area (TPSA) is 72.6 Å². The molecule has 0 aromatic heterocycles. The van der Waals surface area contributed by atoms with Crippen LogP contribution in [0.4, 0.5) is 0 Å². The first kappa shape index (κ1) is 12.5. The molecule has 16 heavy (non-hydrogen) atoms. The number of rotatable bonds is 3. The highest BCUT2D eigenvalue weighted by atomic mass is 16.6. The zero-order chi connectivity index (χ0) is 12.1. The molecule has 5 nitrogen and oxygen atoms in total.